The Labute approximate surface area is 111 Å². The molecule has 1 aromatic carbocycles. The van der Waals surface area contributed by atoms with E-state index in [1.807, 2.05) is 6.92 Å². The number of benzene rings is 1. The van der Waals surface area contributed by atoms with Gasteiger partial charge in [-0.1, -0.05) is 0 Å². The maximum absolute atomic E-state index is 12.3. The first-order valence-corrected chi connectivity index (χ1v) is 7.44. The number of amides is 1. The molecule has 0 bridgehead atoms. The smallest absolute Gasteiger partial charge is 0.446 e. The van der Waals surface area contributed by atoms with Gasteiger partial charge >= 0.3 is 7.67 Å². The largest absolute Gasteiger partial charge is 0.494 e. The fourth-order valence-corrected chi connectivity index (χ4v) is 3.07. The molecule has 1 amide bonds. The summed E-state index contributed by atoms with van der Waals surface area (Å²) in [6.45, 7) is 4.10. The summed E-state index contributed by atoms with van der Waals surface area (Å²) in [5, 5.41) is 4.93. The summed E-state index contributed by atoms with van der Waals surface area (Å²) in [5.41, 5.74) is 0.498. The molecule has 1 aliphatic heterocycles. The standard InChI is InChI=1S/C12H15N2O4P/c1-3-17-10-4-6-11(7-5-10)18-19(16)13-9(2)8-12(15)14-19/h4-8H,3H2,1-2H3,(H2,13,14,15,16)/t19-/m0/s1. The number of hydrogen-bond acceptors (Lipinski definition) is 4. The van der Waals surface area contributed by atoms with Crippen LogP contribution >= 0.6 is 7.67 Å². The molecule has 2 rings (SSSR count). The Kier molecular flexibility index (Phi) is 3.81. The summed E-state index contributed by atoms with van der Waals surface area (Å²) >= 11 is 0. The molecule has 0 radical (unpaired) electrons. The molecule has 0 aliphatic carbocycles. The lowest BCUT2D eigenvalue weighted by Crippen LogP contribution is -2.33. The quantitative estimate of drug-likeness (QED) is 0.828. The van der Waals surface area contributed by atoms with E-state index in [1.54, 1.807) is 31.2 Å². The zero-order valence-corrected chi connectivity index (χ0v) is 11.6. The first-order chi connectivity index (χ1) is 9.00. The van der Waals surface area contributed by atoms with Gasteiger partial charge in [0.15, 0.2) is 0 Å². The van der Waals surface area contributed by atoms with Gasteiger partial charge in [0.25, 0.3) is 5.91 Å². The van der Waals surface area contributed by atoms with Crippen molar-refractivity contribution < 1.29 is 18.6 Å². The molecule has 0 fully saturated rings. The van der Waals surface area contributed by atoms with Gasteiger partial charge in [0.2, 0.25) is 0 Å². The normalized spacial score (nSPS) is 22.0. The summed E-state index contributed by atoms with van der Waals surface area (Å²) in [6.07, 6.45) is 1.32. The topological polar surface area (TPSA) is 76.7 Å². The molecule has 0 spiro atoms. The van der Waals surface area contributed by atoms with Crippen LogP contribution in [0.2, 0.25) is 0 Å². The van der Waals surface area contributed by atoms with Gasteiger partial charge in [-0.15, -0.1) is 0 Å². The molecule has 0 unspecified atom stereocenters. The third kappa shape index (κ3) is 3.51. The molecule has 0 saturated carbocycles. The van der Waals surface area contributed by atoms with E-state index in [-0.39, 0.29) is 0 Å². The van der Waals surface area contributed by atoms with E-state index in [4.69, 9.17) is 9.26 Å². The van der Waals surface area contributed by atoms with Crippen molar-refractivity contribution in [2.75, 3.05) is 6.61 Å². The first kappa shape index (κ1) is 13.5. The summed E-state index contributed by atoms with van der Waals surface area (Å²) in [4.78, 5) is 11.3. The molecule has 1 atom stereocenters. The van der Waals surface area contributed by atoms with Crippen LogP contribution in [0.25, 0.3) is 0 Å². The predicted molar refractivity (Wildman–Crippen MR) is 70.9 cm³/mol. The molecule has 102 valence electrons. The van der Waals surface area contributed by atoms with Crippen molar-refractivity contribution >= 4 is 13.6 Å². The van der Waals surface area contributed by atoms with Gasteiger partial charge in [0.1, 0.15) is 11.5 Å². The van der Waals surface area contributed by atoms with Gasteiger partial charge in [0, 0.05) is 11.8 Å². The predicted octanol–water partition coefficient (Wildman–Crippen LogP) is 2.20. The van der Waals surface area contributed by atoms with Crippen LogP contribution in [-0.4, -0.2) is 12.5 Å². The van der Waals surface area contributed by atoms with Crippen LogP contribution in [0.4, 0.5) is 0 Å². The van der Waals surface area contributed by atoms with E-state index < -0.39 is 13.6 Å². The second kappa shape index (κ2) is 5.36. The van der Waals surface area contributed by atoms with Crippen LogP contribution in [0.1, 0.15) is 13.8 Å². The van der Waals surface area contributed by atoms with Crippen LogP contribution < -0.4 is 19.4 Å². The maximum Gasteiger partial charge on any atom is 0.446 e. The van der Waals surface area contributed by atoms with Crippen LogP contribution in [0.5, 0.6) is 11.5 Å². The van der Waals surface area contributed by atoms with Gasteiger partial charge < -0.3 is 9.26 Å². The Hall–Kier alpha value is -1.94. The zero-order valence-electron chi connectivity index (χ0n) is 10.7. The summed E-state index contributed by atoms with van der Waals surface area (Å²) < 4.78 is 22.9. The van der Waals surface area contributed by atoms with Gasteiger partial charge in [-0.05, 0) is 38.1 Å². The molecule has 7 heteroatoms. The average Bonchev–Trinajstić information content (AvgIpc) is 2.29. The van der Waals surface area contributed by atoms with Crippen LogP contribution in [0, 0.1) is 0 Å². The number of allylic oxidation sites excluding steroid dienone is 1. The second-order valence-electron chi connectivity index (χ2n) is 3.96. The highest BCUT2D eigenvalue weighted by atomic mass is 31.2. The van der Waals surface area contributed by atoms with Crippen molar-refractivity contribution in [3.05, 3.63) is 36.0 Å². The lowest BCUT2D eigenvalue weighted by Gasteiger charge is -2.24. The Morgan fingerprint density at radius 1 is 1.16 bits per heavy atom. The number of carbonyl (C=O) groups is 1. The fraction of sp³-hybridized carbons (Fsp3) is 0.250. The van der Waals surface area contributed by atoms with Crippen molar-refractivity contribution in [3.8, 4) is 11.5 Å². The third-order valence-corrected chi connectivity index (χ3v) is 3.93. The Bertz CT molecular complexity index is 553. The molecule has 1 aliphatic rings. The number of carbonyl (C=O) groups excluding carboxylic acids is 1. The average molecular weight is 282 g/mol. The molecule has 6 nitrogen and oxygen atoms in total. The monoisotopic (exact) mass is 282 g/mol. The first-order valence-electron chi connectivity index (χ1n) is 5.82. The van der Waals surface area contributed by atoms with Crippen molar-refractivity contribution in [1.82, 2.24) is 10.2 Å². The summed E-state index contributed by atoms with van der Waals surface area (Å²) in [5.74, 6) is 0.643. The highest BCUT2D eigenvalue weighted by Crippen LogP contribution is 2.41. The molecule has 1 aromatic rings. The number of hydrogen-bond donors (Lipinski definition) is 2. The third-order valence-electron chi connectivity index (χ3n) is 2.30. The Morgan fingerprint density at radius 3 is 2.37 bits per heavy atom. The van der Waals surface area contributed by atoms with Gasteiger partial charge in [-0.2, -0.15) is 0 Å². The second-order valence-corrected chi connectivity index (χ2v) is 5.70. The number of nitrogens with one attached hydrogen (secondary N) is 2. The SMILES string of the molecule is CCOc1ccc(O[P@]2(=O)NC(=O)C=C(C)N2)cc1. The molecular formula is C12H15N2O4P. The molecule has 2 N–H and O–H groups in total. The summed E-state index contributed by atoms with van der Waals surface area (Å²) in [7, 11) is -3.44. The maximum atomic E-state index is 12.3. The molecule has 0 saturated heterocycles. The van der Waals surface area contributed by atoms with Gasteiger partial charge in [0.05, 0.1) is 6.61 Å². The molecular weight excluding hydrogens is 267 g/mol. The minimum Gasteiger partial charge on any atom is -0.494 e. The lowest BCUT2D eigenvalue weighted by atomic mass is 10.3. The van der Waals surface area contributed by atoms with E-state index in [1.165, 1.54) is 6.08 Å². The van der Waals surface area contributed by atoms with Crippen LogP contribution in [0.3, 0.4) is 0 Å². The van der Waals surface area contributed by atoms with E-state index in [0.717, 1.165) is 0 Å². The van der Waals surface area contributed by atoms with Crippen LogP contribution in [-0.2, 0) is 9.36 Å². The van der Waals surface area contributed by atoms with Crippen LogP contribution in [0.15, 0.2) is 36.0 Å². The van der Waals surface area contributed by atoms with Gasteiger partial charge in [-0.25, -0.2) is 4.57 Å². The van der Waals surface area contributed by atoms with E-state index in [0.29, 0.717) is 23.8 Å². The van der Waals surface area contributed by atoms with Crippen molar-refractivity contribution in [2.45, 2.75) is 13.8 Å². The highest BCUT2D eigenvalue weighted by molar-refractivity contribution is 7.56. The summed E-state index contributed by atoms with van der Waals surface area (Å²) in [6, 6.07) is 6.68. The van der Waals surface area contributed by atoms with Crippen molar-refractivity contribution in [1.29, 1.82) is 0 Å². The van der Waals surface area contributed by atoms with E-state index >= 15 is 0 Å². The lowest BCUT2D eigenvalue weighted by molar-refractivity contribution is -0.115. The Balaban J connectivity index is 2.10. The minimum absolute atomic E-state index is 0.384. The zero-order chi connectivity index (χ0) is 13.9. The van der Waals surface area contributed by atoms with Crippen molar-refractivity contribution in [3.63, 3.8) is 0 Å². The molecule has 1 heterocycles. The van der Waals surface area contributed by atoms with Crippen molar-refractivity contribution in [2.24, 2.45) is 0 Å². The fourth-order valence-electron chi connectivity index (χ4n) is 1.62. The van der Waals surface area contributed by atoms with E-state index in [2.05, 4.69) is 10.2 Å². The highest BCUT2D eigenvalue weighted by Gasteiger charge is 2.30. The van der Waals surface area contributed by atoms with Gasteiger partial charge in [-0.3, -0.25) is 15.0 Å². The molecule has 0 aromatic heterocycles. The number of rotatable bonds is 4. The minimum atomic E-state index is -3.44. The molecule has 19 heavy (non-hydrogen) atoms. The Morgan fingerprint density at radius 2 is 1.79 bits per heavy atom. The number of ether oxygens (including phenoxy) is 1. The van der Waals surface area contributed by atoms with E-state index in [9.17, 15) is 9.36 Å².